The van der Waals surface area contributed by atoms with Crippen LogP contribution in [0.5, 0.6) is 0 Å². The third kappa shape index (κ3) is 4.26. The van der Waals surface area contributed by atoms with Gasteiger partial charge in [0.1, 0.15) is 5.82 Å². The number of carbonyl (C=O) groups excluding carboxylic acids is 1. The SMILES string of the molecule is O=C(Nc1cccc(CCc2nc3ccccc3[nH]2)c1)c1ccc(Br)cc1. The molecule has 1 heterocycles. The lowest BCUT2D eigenvalue weighted by molar-refractivity contribution is 0.102. The highest BCUT2D eigenvalue weighted by molar-refractivity contribution is 9.10. The van der Waals surface area contributed by atoms with Crippen molar-refractivity contribution in [2.45, 2.75) is 12.8 Å². The smallest absolute Gasteiger partial charge is 0.255 e. The molecule has 0 bridgehead atoms. The number of H-pyrrole nitrogens is 1. The zero-order chi connectivity index (χ0) is 18.6. The Bertz CT molecular complexity index is 1050. The van der Waals surface area contributed by atoms with Gasteiger partial charge < -0.3 is 10.3 Å². The van der Waals surface area contributed by atoms with Gasteiger partial charge in [-0.1, -0.05) is 40.2 Å². The first-order valence-corrected chi connectivity index (χ1v) is 9.56. The van der Waals surface area contributed by atoms with Gasteiger partial charge in [0.25, 0.3) is 5.91 Å². The fourth-order valence-corrected chi connectivity index (χ4v) is 3.26. The normalized spacial score (nSPS) is 10.9. The fourth-order valence-electron chi connectivity index (χ4n) is 3.00. The number of nitrogens with one attached hydrogen (secondary N) is 2. The number of imidazole rings is 1. The predicted molar refractivity (Wildman–Crippen MR) is 112 cm³/mol. The van der Waals surface area contributed by atoms with Gasteiger partial charge in [-0.3, -0.25) is 4.79 Å². The molecule has 0 fully saturated rings. The summed E-state index contributed by atoms with van der Waals surface area (Å²) in [6.07, 6.45) is 1.67. The van der Waals surface area contributed by atoms with E-state index in [2.05, 4.69) is 37.3 Å². The number of benzene rings is 3. The molecule has 3 aromatic carbocycles. The second kappa shape index (κ2) is 7.76. The van der Waals surface area contributed by atoms with Crippen LogP contribution in [0.2, 0.25) is 0 Å². The van der Waals surface area contributed by atoms with E-state index >= 15 is 0 Å². The lowest BCUT2D eigenvalue weighted by atomic mass is 10.1. The van der Waals surface area contributed by atoms with Crippen LogP contribution in [0, 0.1) is 0 Å². The van der Waals surface area contributed by atoms with E-state index in [0.717, 1.165) is 45.4 Å². The Kier molecular flexibility index (Phi) is 5.03. The average Bonchev–Trinajstić information content (AvgIpc) is 3.10. The van der Waals surface area contributed by atoms with Crippen molar-refractivity contribution in [1.82, 2.24) is 9.97 Å². The van der Waals surface area contributed by atoms with Crippen molar-refractivity contribution in [2.24, 2.45) is 0 Å². The Balaban J connectivity index is 1.42. The number of fused-ring (bicyclic) bond motifs is 1. The van der Waals surface area contributed by atoms with Crippen LogP contribution in [-0.2, 0) is 12.8 Å². The van der Waals surface area contributed by atoms with Crippen LogP contribution in [-0.4, -0.2) is 15.9 Å². The van der Waals surface area contributed by atoms with Gasteiger partial charge in [-0.2, -0.15) is 0 Å². The predicted octanol–water partition coefficient (Wildman–Crippen LogP) is 5.36. The number of aromatic nitrogens is 2. The molecule has 1 amide bonds. The van der Waals surface area contributed by atoms with Crippen molar-refractivity contribution < 1.29 is 4.79 Å². The Morgan fingerprint density at radius 2 is 1.78 bits per heavy atom. The van der Waals surface area contributed by atoms with E-state index in [0.29, 0.717) is 5.56 Å². The van der Waals surface area contributed by atoms with Gasteiger partial charge >= 0.3 is 0 Å². The van der Waals surface area contributed by atoms with Gasteiger partial charge in [-0.05, 0) is 60.5 Å². The summed E-state index contributed by atoms with van der Waals surface area (Å²) < 4.78 is 0.951. The summed E-state index contributed by atoms with van der Waals surface area (Å²) in [5.41, 5.74) is 4.63. The molecule has 4 nitrogen and oxygen atoms in total. The van der Waals surface area contributed by atoms with Crippen molar-refractivity contribution in [3.8, 4) is 0 Å². The largest absolute Gasteiger partial charge is 0.342 e. The summed E-state index contributed by atoms with van der Waals surface area (Å²) in [4.78, 5) is 20.3. The maximum Gasteiger partial charge on any atom is 0.255 e. The number of hydrogen-bond acceptors (Lipinski definition) is 2. The minimum absolute atomic E-state index is 0.114. The molecule has 134 valence electrons. The third-order valence-corrected chi connectivity index (χ3v) is 4.91. The topological polar surface area (TPSA) is 57.8 Å². The number of rotatable bonds is 5. The molecule has 5 heteroatoms. The van der Waals surface area contributed by atoms with Gasteiger partial charge in [0.2, 0.25) is 0 Å². The van der Waals surface area contributed by atoms with Gasteiger partial charge in [-0.25, -0.2) is 4.98 Å². The fraction of sp³-hybridized carbons (Fsp3) is 0.0909. The van der Waals surface area contributed by atoms with Crippen molar-refractivity contribution in [2.75, 3.05) is 5.32 Å². The number of nitrogens with zero attached hydrogens (tertiary/aromatic N) is 1. The second-order valence-corrected chi connectivity index (χ2v) is 7.28. The number of aromatic amines is 1. The van der Waals surface area contributed by atoms with Crippen LogP contribution >= 0.6 is 15.9 Å². The highest BCUT2D eigenvalue weighted by atomic mass is 79.9. The average molecular weight is 420 g/mol. The zero-order valence-electron chi connectivity index (χ0n) is 14.6. The molecule has 0 saturated heterocycles. The number of anilines is 1. The summed E-state index contributed by atoms with van der Waals surface area (Å²) in [5.74, 6) is 0.859. The molecule has 27 heavy (non-hydrogen) atoms. The Morgan fingerprint density at radius 3 is 2.59 bits per heavy atom. The van der Waals surface area contributed by atoms with E-state index in [1.165, 1.54) is 0 Å². The molecule has 0 saturated carbocycles. The minimum Gasteiger partial charge on any atom is -0.342 e. The molecule has 0 aliphatic heterocycles. The number of hydrogen-bond donors (Lipinski definition) is 2. The molecule has 0 aliphatic carbocycles. The number of para-hydroxylation sites is 2. The van der Waals surface area contributed by atoms with Gasteiger partial charge in [0.15, 0.2) is 0 Å². The standard InChI is InChI=1S/C22H18BrN3O/c23-17-11-9-16(10-12-17)22(27)24-18-5-3-4-15(14-18)8-13-21-25-19-6-1-2-7-20(19)26-21/h1-7,9-12,14H,8,13H2,(H,24,27)(H,25,26). The van der Waals surface area contributed by atoms with Gasteiger partial charge in [-0.15, -0.1) is 0 Å². The molecule has 0 spiro atoms. The van der Waals surface area contributed by atoms with E-state index in [9.17, 15) is 4.79 Å². The number of amides is 1. The van der Waals surface area contributed by atoms with E-state index in [-0.39, 0.29) is 5.91 Å². The van der Waals surface area contributed by atoms with E-state index in [4.69, 9.17) is 0 Å². The van der Waals surface area contributed by atoms with Crippen LogP contribution < -0.4 is 5.32 Å². The van der Waals surface area contributed by atoms with Crippen molar-refractivity contribution >= 4 is 38.6 Å². The molecular formula is C22H18BrN3O. The summed E-state index contributed by atoms with van der Waals surface area (Å²) in [5, 5.41) is 2.96. The molecule has 0 radical (unpaired) electrons. The summed E-state index contributed by atoms with van der Waals surface area (Å²) >= 11 is 3.38. The van der Waals surface area contributed by atoms with Crippen LogP contribution in [0.1, 0.15) is 21.7 Å². The van der Waals surface area contributed by atoms with Gasteiger partial charge in [0.05, 0.1) is 11.0 Å². The Morgan fingerprint density at radius 1 is 0.963 bits per heavy atom. The molecule has 4 aromatic rings. The summed E-state index contributed by atoms with van der Waals surface area (Å²) in [6, 6.07) is 23.3. The third-order valence-electron chi connectivity index (χ3n) is 4.38. The molecule has 0 unspecified atom stereocenters. The first-order chi connectivity index (χ1) is 13.2. The summed E-state index contributed by atoms with van der Waals surface area (Å²) in [7, 11) is 0. The monoisotopic (exact) mass is 419 g/mol. The van der Waals surface area contributed by atoms with Gasteiger partial charge in [0, 0.05) is 22.1 Å². The van der Waals surface area contributed by atoms with E-state index in [1.54, 1.807) is 12.1 Å². The first kappa shape index (κ1) is 17.5. The van der Waals surface area contributed by atoms with Crippen LogP contribution in [0.25, 0.3) is 11.0 Å². The minimum atomic E-state index is -0.114. The Hall–Kier alpha value is -2.92. The molecule has 2 N–H and O–H groups in total. The van der Waals surface area contributed by atoms with E-state index in [1.807, 2.05) is 54.6 Å². The molecule has 0 aliphatic rings. The molecule has 4 rings (SSSR count). The number of halogens is 1. The lowest BCUT2D eigenvalue weighted by Gasteiger charge is -2.07. The summed E-state index contributed by atoms with van der Waals surface area (Å²) in [6.45, 7) is 0. The lowest BCUT2D eigenvalue weighted by Crippen LogP contribution is -2.11. The molecule has 0 atom stereocenters. The van der Waals surface area contributed by atoms with Crippen LogP contribution in [0.3, 0.4) is 0 Å². The van der Waals surface area contributed by atoms with E-state index < -0.39 is 0 Å². The zero-order valence-corrected chi connectivity index (χ0v) is 16.2. The maximum absolute atomic E-state index is 12.4. The quantitative estimate of drug-likeness (QED) is 0.457. The maximum atomic E-state index is 12.4. The van der Waals surface area contributed by atoms with Crippen molar-refractivity contribution in [1.29, 1.82) is 0 Å². The van der Waals surface area contributed by atoms with Crippen molar-refractivity contribution in [3.63, 3.8) is 0 Å². The first-order valence-electron chi connectivity index (χ1n) is 8.77. The number of aryl methyl sites for hydroxylation is 2. The second-order valence-electron chi connectivity index (χ2n) is 6.36. The Labute approximate surface area is 165 Å². The van der Waals surface area contributed by atoms with Crippen molar-refractivity contribution in [3.05, 3.63) is 94.2 Å². The van der Waals surface area contributed by atoms with Crippen LogP contribution in [0.4, 0.5) is 5.69 Å². The molecular weight excluding hydrogens is 402 g/mol. The highest BCUT2D eigenvalue weighted by Crippen LogP contribution is 2.17. The number of carbonyl (C=O) groups is 1. The molecule has 1 aromatic heterocycles. The highest BCUT2D eigenvalue weighted by Gasteiger charge is 2.07. The van der Waals surface area contributed by atoms with Crippen LogP contribution in [0.15, 0.2) is 77.3 Å².